The van der Waals surface area contributed by atoms with Crippen LogP contribution < -0.4 is 0 Å². The van der Waals surface area contributed by atoms with Gasteiger partial charge in [0.1, 0.15) is 0 Å². The first-order chi connectivity index (χ1) is 9.79. The molecule has 1 heterocycles. The van der Waals surface area contributed by atoms with E-state index in [1.807, 2.05) is 11.3 Å². The molecule has 1 heteroatoms. The van der Waals surface area contributed by atoms with E-state index < -0.39 is 0 Å². The number of allylic oxidation sites excluding steroid dienone is 7. The lowest BCUT2D eigenvalue weighted by molar-refractivity contribution is 0.686. The first kappa shape index (κ1) is 13.1. The Bertz CT molecular complexity index is 679. The van der Waals surface area contributed by atoms with Crippen LogP contribution in [0.2, 0.25) is 0 Å². The summed E-state index contributed by atoms with van der Waals surface area (Å²) in [6.07, 6.45) is 13.1. The molecule has 1 aliphatic carbocycles. The molecule has 0 saturated carbocycles. The molecule has 2 unspecified atom stereocenters. The van der Waals surface area contributed by atoms with Crippen molar-refractivity contribution < 1.29 is 0 Å². The second-order valence-electron chi connectivity index (χ2n) is 5.07. The van der Waals surface area contributed by atoms with Gasteiger partial charge in [0.05, 0.1) is 0 Å². The fraction of sp³-hybridized carbons (Fsp3) is 0.158. The third-order valence-corrected chi connectivity index (χ3v) is 4.93. The van der Waals surface area contributed by atoms with Crippen LogP contribution in [-0.2, 0) is 0 Å². The van der Waals surface area contributed by atoms with Crippen molar-refractivity contribution in [2.45, 2.75) is 6.92 Å². The topological polar surface area (TPSA) is 0 Å². The number of benzene rings is 1. The Morgan fingerprint density at radius 3 is 2.80 bits per heavy atom. The highest BCUT2D eigenvalue weighted by Gasteiger charge is 2.21. The van der Waals surface area contributed by atoms with Gasteiger partial charge in [0.15, 0.2) is 0 Å². The summed E-state index contributed by atoms with van der Waals surface area (Å²) in [5.74, 6) is 0.784. The molecule has 0 bridgehead atoms. The van der Waals surface area contributed by atoms with E-state index in [1.54, 1.807) is 0 Å². The van der Waals surface area contributed by atoms with Crippen LogP contribution in [0.15, 0.2) is 73.4 Å². The van der Waals surface area contributed by atoms with Crippen LogP contribution in [0.25, 0.3) is 15.7 Å². The summed E-state index contributed by atoms with van der Waals surface area (Å²) < 4.78 is 1.33. The normalized spacial score (nSPS) is 21.9. The molecular weight excluding hydrogens is 260 g/mol. The Kier molecular flexibility index (Phi) is 3.70. The van der Waals surface area contributed by atoms with E-state index in [-0.39, 0.29) is 0 Å². The summed E-state index contributed by atoms with van der Waals surface area (Å²) in [5.41, 5.74) is 1.22. The molecule has 0 spiro atoms. The van der Waals surface area contributed by atoms with Gasteiger partial charge >= 0.3 is 0 Å². The zero-order valence-corrected chi connectivity index (χ0v) is 12.4. The molecule has 2 atom stereocenters. The maximum absolute atomic E-state index is 4.37. The molecule has 1 aromatic carbocycles. The molecule has 3 rings (SSSR count). The van der Waals surface area contributed by atoms with Crippen LogP contribution in [-0.4, -0.2) is 0 Å². The minimum atomic E-state index is 0.365. The number of hydrogen-bond acceptors (Lipinski definition) is 1. The van der Waals surface area contributed by atoms with Crippen molar-refractivity contribution in [2.24, 2.45) is 11.8 Å². The summed E-state index contributed by atoms with van der Waals surface area (Å²) in [6, 6.07) is 10.8. The molecule has 0 radical (unpaired) electrons. The molecule has 0 aliphatic heterocycles. The fourth-order valence-corrected chi connectivity index (χ4v) is 3.76. The van der Waals surface area contributed by atoms with E-state index >= 15 is 0 Å². The standard InChI is InChI=1S/C19H18S/c1-3-8-15-9-4-6-11-17(15)14(2)19-13-16-10-5-7-12-18(16)20-19/h3-13,15,17H,2H2,1H3/b8-3-. The second-order valence-corrected chi connectivity index (χ2v) is 6.16. The quantitative estimate of drug-likeness (QED) is 0.618. The van der Waals surface area contributed by atoms with Gasteiger partial charge in [-0.1, -0.05) is 61.2 Å². The van der Waals surface area contributed by atoms with E-state index in [0.29, 0.717) is 11.8 Å². The van der Waals surface area contributed by atoms with Crippen LogP contribution in [0.1, 0.15) is 11.8 Å². The fourth-order valence-electron chi connectivity index (χ4n) is 2.68. The zero-order chi connectivity index (χ0) is 13.9. The van der Waals surface area contributed by atoms with Crippen molar-refractivity contribution in [1.82, 2.24) is 0 Å². The zero-order valence-electron chi connectivity index (χ0n) is 11.6. The summed E-state index contributed by atoms with van der Waals surface area (Å²) >= 11 is 1.84. The average Bonchev–Trinajstić information content (AvgIpc) is 2.91. The van der Waals surface area contributed by atoms with Gasteiger partial charge in [-0.25, -0.2) is 0 Å². The maximum atomic E-state index is 4.37. The summed E-state index contributed by atoms with van der Waals surface area (Å²) in [7, 11) is 0. The van der Waals surface area contributed by atoms with E-state index in [0.717, 1.165) is 0 Å². The predicted octanol–water partition coefficient (Wildman–Crippen LogP) is 5.85. The molecule has 0 fully saturated rings. The van der Waals surface area contributed by atoms with Gasteiger partial charge in [0, 0.05) is 21.4 Å². The van der Waals surface area contributed by atoms with Gasteiger partial charge in [0.2, 0.25) is 0 Å². The van der Waals surface area contributed by atoms with Crippen LogP contribution in [0, 0.1) is 11.8 Å². The monoisotopic (exact) mass is 278 g/mol. The third-order valence-electron chi connectivity index (χ3n) is 3.74. The molecular formula is C19H18S. The van der Waals surface area contributed by atoms with Gasteiger partial charge < -0.3 is 0 Å². The van der Waals surface area contributed by atoms with Crippen molar-refractivity contribution in [3.63, 3.8) is 0 Å². The Balaban J connectivity index is 1.94. The van der Waals surface area contributed by atoms with E-state index in [9.17, 15) is 0 Å². The van der Waals surface area contributed by atoms with Gasteiger partial charge in [-0.05, 0) is 30.0 Å². The van der Waals surface area contributed by atoms with E-state index in [2.05, 4.69) is 80.3 Å². The van der Waals surface area contributed by atoms with Crippen molar-refractivity contribution in [3.8, 4) is 0 Å². The van der Waals surface area contributed by atoms with Gasteiger partial charge in [-0.2, -0.15) is 0 Å². The molecule has 0 N–H and O–H groups in total. The molecule has 20 heavy (non-hydrogen) atoms. The van der Waals surface area contributed by atoms with Gasteiger partial charge in [0.25, 0.3) is 0 Å². The van der Waals surface area contributed by atoms with Crippen molar-refractivity contribution in [3.05, 3.63) is 78.2 Å². The smallest absolute Gasteiger partial charge is 0.0349 e. The average molecular weight is 278 g/mol. The lowest BCUT2D eigenvalue weighted by atomic mass is 9.82. The van der Waals surface area contributed by atoms with Crippen molar-refractivity contribution >= 4 is 27.0 Å². The lowest BCUT2D eigenvalue weighted by Crippen LogP contribution is -2.11. The van der Waals surface area contributed by atoms with E-state index in [4.69, 9.17) is 0 Å². The number of thiophene rings is 1. The first-order valence-corrected chi connectivity index (χ1v) is 7.77. The van der Waals surface area contributed by atoms with Crippen molar-refractivity contribution in [2.75, 3.05) is 0 Å². The molecule has 0 saturated heterocycles. The first-order valence-electron chi connectivity index (χ1n) is 6.95. The summed E-state index contributed by atoms with van der Waals surface area (Å²) in [6.45, 7) is 6.44. The largest absolute Gasteiger partial charge is 0.136 e. The highest BCUT2D eigenvalue weighted by molar-refractivity contribution is 7.20. The Morgan fingerprint density at radius 1 is 1.20 bits per heavy atom. The molecule has 1 aromatic heterocycles. The van der Waals surface area contributed by atoms with Crippen LogP contribution in [0.3, 0.4) is 0 Å². The highest BCUT2D eigenvalue weighted by Crippen LogP contribution is 2.38. The maximum Gasteiger partial charge on any atom is 0.0349 e. The number of hydrogen-bond donors (Lipinski definition) is 0. The van der Waals surface area contributed by atoms with E-state index in [1.165, 1.54) is 20.5 Å². The highest BCUT2D eigenvalue weighted by atomic mass is 32.1. The summed E-state index contributed by atoms with van der Waals surface area (Å²) in [4.78, 5) is 1.30. The van der Waals surface area contributed by atoms with Crippen LogP contribution >= 0.6 is 11.3 Å². The molecule has 2 aromatic rings. The van der Waals surface area contributed by atoms with Crippen LogP contribution in [0.4, 0.5) is 0 Å². The number of rotatable bonds is 3. The minimum absolute atomic E-state index is 0.365. The number of fused-ring (bicyclic) bond motifs is 1. The Hall–Kier alpha value is -1.86. The van der Waals surface area contributed by atoms with Gasteiger partial charge in [-0.15, -0.1) is 11.3 Å². The lowest BCUT2D eigenvalue weighted by Gasteiger charge is -2.23. The second kappa shape index (κ2) is 5.64. The molecule has 100 valence electrons. The minimum Gasteiger partial charge on any atom is -0.136 e. The molecule has 0 amide bonds. The molecule has 0 nitrogen and oxygen atoms in total. The third kappa shape index (κ3) is 2.41. The van der Waals surface area contributed by atoms with Gasteiger partial charge in [-0.3, -0.25) is 0 Å². The summed E-state index contributed by atoms with van der Waals surface area (Å²) in [5, 5.41) is 1.31. The predicted molar refractivity (Wildman–Crippen MR) is 90.9 cm³/mol. The Labute approximate surface area is 124 Å². The van der Waals surface area contributed by atoms with Crippen LogP contribution in [0.5, 0.6) is 0 Å². The van der Waals surface area contributed by atoms with Crippen molar-refractivity contribution in [1.29, 1.82) is 0 Å². The SMILES string of the molecule is C=C(c1cc2ccccc2s1)C1C=CC=CC1/C=C\C. The molecule has 1 aliphatic rings. The Morgan fingerprint density at radius 2 is 2.00 bits per heavy atom.